The van der Waals surface area contributed by atoms with Crippen molar-refractivity contribution >= 4 is 11.4 Å². The molecule has 0 aromatic heterocycles. The molecule has 0 saturated heterocycles. The van der Waals surface area contributed by atoms with Gasteiger partial charge in [0, 0.05) is 27.7 Å². The lowest BCUT2D eigenvalue weighted by atomic mass is 10.1. The van der Waals surface area contributed by atoms with E-state index in [1.807, 2.05) is 12.1 Å². The average molecular weight is 270 g/mol. The number of aliphatic hydroxyl groups is 1. The van der Waals surface area contributed by atoms with E-state index in [2.05, 4.69) is 67.3 Å². The molecule has 0 aliphatic carbocycles. The van der Waals surface area contributed by atoms with Crippen LogP contribution in [0.3, 0.4) is 0 Å². The zero-order valence-electron chi connectivity index (χ0n) is 12.4. The largest absolute Gasteiger partial charge is 0.392 e. The first kappa shape index (κ1) is 14.4. The van der Waals surface area contributed by atoms with E-state index in [9.17, 15) is 0 Å². The van der Waals surface area contributed by atoms with Crippen LogP contribution in [0.5, 0.6) is 0 Å². The van der Waals surface area contributed by atoms with Gasteiger partial charge in [-0.1, -0.05) is 36.4 Å². The molecule has 2 aromatic rings. The maximum Gasteiger partial charge on any atom is 0.0681 e. The van der Waals surface area contributed by atoms with Crippen molar-refractivity contribution < 1.29 is 5.11 Å². The summed E-state index contributed by atoms with van der Waals surface area (Å²) in [4.78, 5) is 4.37. The zero-order valence-corrected chi connectivity index (χ0v) is 12.4. The molecular weight excluding hydrogens is 248 g/mol. The Kier molecular flexibility index (Phi) is 4.64. The molecular formula is C17H22N2O. The SMILES string of the molecule is CN(C)c1ccccc1N(C)Cc1ccc(CO)cc1. The molecule has 1 N–H and O–H groups in total. The fourth-order valence-corrected chi connectivity index (χ4v) is 2.27. The van der Waals surface area contributed by atoms with Gasteiger partial charge in [-0.05, 0) is 23.3 Å². The molecule has 2 rings (SSSR count). The van der Waals surface area contributed by atoms with Crippen molar-refractivity contribution in [3.63, 3.8) is 0 Å². The van der Waals surface area contributed by atoms with Crippen molar-refractivity contribution in [3.05, 3.63) is 59.7 Å². The predicted octanol–water partition coefficient (Wildman–Crippen LogP) is 2.88. The Morgan fingerprint density at radius 2 is 1.35 bits per heavy atom. The minimum Gasteiger partial charge on any atom is -0.392 e. The maximum absolute atomic E-state index is 9.07. The smallest absolute Gasteiger partial charge is 0.0681 e. The molecule has 3 nitrogen and oxygen atoms in total. The molecule has 0 amide bonds. The highest BCUT2D eigenvalue weighted by Gasteiger charge is 2.08. The molecule has 0 aliphatic rings. The zero-order chi connectivity index (χ0) is 14.5. The van der Waals surface area contributed by atoms with Crippen LogP contribution in [0.2, 0.25) is 0 Å². The van der Waals surface area contributed by atoms with Crippen molar-refractivity contribution in [3.8, 4) is 0 Å². The van der Waals surface area contributed by atoms with Gasteiger partial charge in [-0.15, -0.1) is 0 Å². The third-order valence-corrected chi connectivity index (χ3v) is 3.40. The van der Waals surface area contributed by atoms with Gasteiger partial charge in [-0.3, -0.25) is 0 Å². The predicted molar refractivity (Wildman–Crippen MR) is 85.2 cm³/mol. The highest BCUT2D eigenvalue weighted by atomic mass is 16.3. The normalized spacial score (nSPS) is 10.4. The number of hydrogen-bond acceptors (Lipinski definition) is 3. The van der Waals surface area contributed by atoms with E-state index < -0.39 is 0 Å². The molecule has 0 spiro atoms. The van der Waals surface area contributed by atoms with Gasteiger partial charge >= 0.3 is 0 Å². The van der Waals surface area contributed by atoms with Crippen molar-refractivity contribution in [1.29, 1.82) is 0 Å². The van der Waals surface area contributed by atoms with Gasteiger partial charge in [0.25, 0.3) is 0 Å². The van der Waals surface area contributed by atoms with Gasteiger partial charge in [0.1, 0.15) is 0 Å². The molecule has 0 unspecified atom stereocenters. The summed E-state index contributed by atoms with van der Waals surface area (Å²) in [6.45, 7) is 0.941. The van der Waals surface area contributed by atoms with E-state index >= 15 is 0 Å². The van der Waals surface area contributed by atoms with E-state index in [4.69, 9.17) is 5.11 Å². The van der Waals surface area contributed by atoms with Crippen molar-refractivity contribution in [1.82, 2.24) is 0 Å². The quantitative estimate of drug-likeness (QED) is 0.905. The van der Waals surface area contributed by atoms with Gasteiger partial charge < -0.3 is 14.9 Å². The van der Waals surface area contributed by atoms with Crippen molar-refractivity contribution in [2.75, 3.05) is 30.9 Å². The summed E-state index contributed by atoms with van der Waals surface area (Å²) in [5, 5.41) is 9.07. The molecule has 0 aliphatic heterocycles. The van der Waals surface area contributed by atoms with Gasteiger partial charge in [-0.2, -0.15) is 0 Å². The summed E-state index contributed by atoms with van der Waals surface area (Å²) >= 11 is 0. The summed E-state index contributed by atoms with van der Waals surface area (Å²) in [6, 6.07) is 16.5. The number of para-hydroxylation sites is 2. The molecule has 2 aromatic carbocycles. The summed E-state index contributed by atoms with van der Waals surface area (Å²) in [5.74, 6) is 0. The second-order valence-corrected chi connectivity index (χ2v) is 5.21. The second-order valence-electron chi connectivity index (χ2n) is 5.21. The Morgan fingerprint density at radius 1 is 0.800 bits per heavy atom. The Balaban J connectivity index is 2.17. The number of aliphatic hydroxyl groups excluding tert-OH is 1. The third-order valence-electron chi connectivity index (χ3n) is 3.40. The lowest BCUT2D eigenvalue weighted by molar-refractivity contribution is 0.282. The standard InChI is InChI=1S/C17H22N2O/c1-18(2)16-6-4-5-7-17(16)19(3)12-14-8-10-15(13-20)11-9-14/h4-11,20H,12-13H2,1-3H3. The van der Waals surface area contributed by atoms with E-state index in [0.29, 0.717) is 0 Å². The molecule has 20 heavy (non-hydrogen) atoms. The number of nitrogens with zero attached hydrogens (tertiary/aromatic N) is 2. The van der Waals surface area contributed by atoms with Gasteiger partial charge in [0.05, 0.1) is 18.0 Å². The minimum absolute atomic E-state index is 0.0968. The first-order chi connectivity index (χ1) is 9.61. The fraction of sp³-hybridized carbons (Fsp3) is 0.294. The van der Waals surface area contributed by atoms with Crippen LogP contribution >= 0.6 is 0 Å². The average Bonchev–Trinajstić information content (AvgIpc) is 2.48. The van der Waals surface area contributed by atoms with Crippen molar-refractivity contribution in [2.24, 2.45) is 0 Å². The van der Waals surface area contributed by atoms with E-state index in [-0.39, 0.29) is 6.61 Å². The maximum atomic E-state index is 9.07. The van der Waals surface area contributed by atoms with Gasteiger partial charge in [0.2, 0.25) is 0 Å². The Labute approximate surface area is 121 Å². The van der Waals surface area contributed by atoms with Crippen LogP contribution in [-0.4, -0.2) is 26.2 Å². The van der Waals surface area contributed by atoms with Gasteiger partial charge in [0.15, 0.2) is 0 Å². The molecule has 0 saturated carbocycles. The fourth-order valence-electron chi connectivity index (χ4n) is 2.27. The number of anilines is 2. The number of benzene rings is 2. The summed E-state index contributed by atoms with van der Waals surface area (Å²) in [5.41, 5.74) is 4.61. The molecule has 0 radical (unpaired) electrons. The Bertz CT molecular complexity index is 549. The van der Waals surface area contributed by atoms with Crippen LogP contribution in [0.25, 0.3) is 0 Å². The topological polar surface area (TPSA) is 26.7 Å². The molecule has 0 heterocycles. The number of rotatable bonds is 5. The summed E-state index contributed by atoms with van der Waals surface area (Å²) in [7, 11) is 6.22. The second kappa shape index (κ2) is 6.44. The molecule has 0 atom stereocenters. The monoisotopic (exact) mass is 270 g/mol. The summed E-state index contributed by atoms with van der Waals surface area (Å²) in [6.07, 6.45) is 0. The molecule has 0 bridgehead atoms. The van der Waals surface area contributed by atoms with Crippen LogP contribution in [0.15, 0.2) is 48.5 Å². The van der Waals surface area contributed by atoms with Crippen LogP contribution in [0, 0.1) is 0 Å². The highest BCUT2D eigenvalue weighted by molar-refractivity contribution is 5.70. The van der Waals surface area contributed by atoms with Gasteiger partial charge in [-0.25, -0.2) is 0 Å². The summed E-state index contributed by atoms with van der Waals surface area (Å²) < 4.78 is 0. The van der Waals surface area contributed by atoms with E-state index in [0.717, 1.165) is 12.1 Å². The van der Waals surface area contributed by atoms with Crippen LogP contribution < -0.4 is 9.80 Å². The highest BCUT2D eigenvalue weighted by Crippen LogP contribution is 2.27. The molecule has 3 heteroatoms. The Hall–Kier alpha value is -2.00. The van der Waals surface area contributed by atoms with E-state index in [1.165, 1.54) is 16.9 Å². The third kappa shape index (κ3) is 3.31. The lowest BCUT2D eigenvalue weighted by Gasteiger charge is -2.25. The van der Waals surface area contributed by atoms with Crippen LogP contribution in [0.1, 0.15) is 11.1 Å². The lowest BCUT2D eigenvalue weighted by Crippen LogP contribution is -2.20. The molecule has 0 fully saturated rings. The molecule has 106 valence electrons. The Morgan fingerprint density at radius 3 is 1.90 bits per heavy atom. The minimum atomic E-state index is 0.0968. The van der Waals surface area contributed by atoms with E-state index in [1.54, 1.807) is 0 Å². The first-order valence-electron chi connectivity index (χ1n) is 6.78. The van der Waals surface area contributed by atoms with Crippen molar-refractivity contribution in [2.45, 2.75) is 13.2 Å². The number of hydrogen-bond donors (Lipinski definition) is 1. The van der Waals surface area contributed by atoms with Crippen LogP contribution in [0.4, 0.5) is 11.4 Å². The first-order valence-corrected chi connectivity index (χ1v) is 6.78. The van der Waals surface area contributed by atoms with Crippen LogP contribution in [-0.2, 0) is 13.2 Å².